The summed E-state index contributed by atoms with van der Waals surface area (Å²) in [5, 5.41) is 37.5. The van der Waals surface area contributed by atoms with Crippen molar-refractivity contribution in [3.05, 3.63) is 46.5 Å². The van der Waals surface area contributed by atoms with E-state index in [1.165, 1.54) is 0 Å². The maximum Gasteiger partial charge on any atom is 0.127 e. The van der Waals surface area contributed by atoms with Crippen molar-refractivity contribution in [1.29, 1.82) is 21.0 Å². The number of nitrogens with zero attached hydrogens (tertiary/aromatic N) is 4. The number of unbranched alkanes of at least 4 members (excludes halogenated alkanes) is 1. The Balaban J connectivity index is 2.78. The number of rotatable bonds is 10. The number of hydrogen-bond donors (Lipinski definition) is 0. The molecule has 0 aliphatic carbocycles. The Morgan fingerprint density at radius 3 is 1.65 bits per heavy atom. The van der Waals surface area contributed by atoms with E-state index in [-0.39, 0.29) is 25.7 Å². The van der Waals surface area contributed by atoms with Crippen LogP contribution >= 0.6 is 0 Å². The predicted molar refractivity (Wildman–Crippen MR) is 116 cm³/mol. The summed E-state index contributed by atoms with van der Waals surface area (Å²) < 4.78 is 11.3. The summed E-state index contributed by atoms with van der Waals surface area (Å²) in [6.45, 7) is 2.57. The minimum atomic E-state index is 0.130. The van der Waals surface area contributed by atoms with Crippen molar-refractivity contribution >= 4 is 0 Å². The number of methoxy groups -OCH3 is 1. The molecule has 0 unspecified atom stereocenters. The van der Waals surface area contributed by atoms with Gasteiger partial charge in [-0.15, -0.1) is 0 Å². The Kier molecular flexibility index (Phi) is 8.91. The minimum Gasteiger partial charge on any atom is -0.497 e. The van der Waals surface area contributed by atoms with Gasteiger partial charge in [0.2, 0.25) is 0 Å². The largest absolute Gasteiger partial charge is 0.497 e. The van der Waals surface area contributed by atoms with Gasteiger partial charge in [0.25, 0.3) is 0 Å². The molecule has 0 N–H and O–H groups in total. The normalized spacial score (nSPS) is 9.74. The third-order valence-corrected chi connectivity index (χ3v) is 4.86. The first-order chi connectivity index (χ1) is 15.1. The standard InChI is InChI=1S/C25H24N4O2/c1-3-4-13-31-25-20(7-11-28)14-22(15-21(25)8-12-29)24-18(5-9-26)16-23(30-2)17-19(24)6-10-27/h14-17H,3-8,13H2,1-2H3. The molecular formula is C25H24N4O2. The molecule has 0 atom stereocenters. The van der Waals surface area contributed by atoms with Crippen molar-refractivity contribution in [1.82, 2.24) is 0 Å². The fourth-order valence-corrected chi connectivity index (χ4v) is 3.51. The van der Waals surface area contributed by atoms with E-state index in [2.05, 4.69) is 31.2 Å². The van der Waals surface area contributed by atoms with E-state index in [0.717, 1.165) is 35.1 Å². The second kappa shape index (κ2) is 11.9. The van der Waals surface area contributed by atoms with Crippen molar-refractivity contribution in [2.24, 2.45) is 0 Å². The van der Waals surface area contributed by atoms with Gasteiger partial charge in [-0.25, -0.2) is 0 Å². The highest BCUT2D eigenvalue weighted by molar-refractivity contribution is 5.76. The zero-order valence-corrected chi connectivity index (χ0v) is 17.9. The molecule has 0 spiro atoms. The molecule has 6 heteroatoms. The Bertz CT molecular complexity index is 1020. The zero-order valence-electron chi connectivity index (χ0n) is 17.9. The number of nitriles is 4. The van der Waals surface area contributed by atoms with E-state index in [1.807, 2.05) is 12.1 Å². The number of benzene rings is 2. The van der Waals surface area contributed by atoms with Gasteiger partial charge in [-0.3, -0.25) is 0 Å². The van der Waals surface area contributed by atoms with Gasteiger partial charge in [-0.2, -0.15) is 21.0 Å². The number of ether oxygens (including phenoxy) is 2. The lowest BCUT2D eigenvalue weighted by atomic mass is 9.88. The molecule has 0 aliphatic rings. The second-order valence-electron chi connectivity index (χ2n) is 6.99. The maximum absolute atomic E-state index is 9.37. The van der Waals surface area contributed by atoms with Crippen LogP contribution in [0.3, 0.4) is 0 Å². The van der Waals surface area contributed by atoms with E-state index in [1.54, 1.807) is 19.2 Å². The van der Waals surface area contributed by atoms with Crippen LogP contribution in [0.25, 0.3) is 11.1 Å². The molecule has 0 saturated heterocycles. The molecule has 0 fully saturated rings. The van der Waals surface area contributed by atoms with E-state index in [4.69, 9.17) is 9.47 Å². The van der Waals surface area contributed by atoms with Crippen molar-refractivity contribution in [3.63, 3.8) is 0 Å². The molecule has 31 heavy (non-hydrogen) atoms. The van der Waals surface area contributed by atoms with Crippen molar-refractivity contribution in [2.45, 2.75) is 45.4 Å². The highest BCUT2D eigenvalue weighted by Gasteiger charge is 2.19. The summed E-state index contributed by atoms with van der Waals surface area (Å²) in [4.78, 5) is 0. The van der Waals surface area contributed by atoms with Crippen molar-refractivity contribution in [3.8, 4) is 46.9 Å². The van der Waals surface area contributed by atoms with Gasteiger partial charge < -0.3 is 9.47 Å². The molecule has 2 aromatic carbocycles. The van der Waals surface area contributed by atoms with Crippen LogP contribution in [-0.2, 0) is 25.7 Å². The molecule has 2 rings (SSSR count). The molecule has 0 heterocycles. The van der Waals surface area contributed by atoms with Crippen LogP contribution in [0, 0.1) is 45.3 Å². The first-order valence-electron chi connectivity index (χ1n) is 10.1. The lowest BCUT2D eigenvalue weighted by Crippen LogP contribution is -2.05. The monoisotopic (exact) mass is 412 g/mol. The maximum atomic E-state index is 9.37. The average Bonchev–Trinajstić information content (AvgIpc) is 2.76. The summed E-state index contributed by atoms with van der Waals surface area (Å²) in [6, 6.07) is 16.0. The molecule has 156 valence electrons. The second-order valence-corrected chi connectivity index (χ2v) is 6.99. The van der Waals surface area contributed by atoms with Crippen LogP contribution in [0.1, 0.15) is 42.0 Å². The first kappa shape index (κ1) is 23.3. The van der Waals surface area contributed by atoms with Gasteiger partial charge in [-0.05, 0) is 52.9 Å². The Morgan fingerprint density at radius 1 is 0.742 bits per heavy atom. The molecule has 2 aromatic rings. The van der Waals surface area contributed by atoms with Crippen LogP contribution in [0.2, 0.25) is 0 Å². The molecule has 0 bridgehead atoms. The van der Waals surface area contributed by atoms with Crippen LogP contribution in [0.5, 0.6) is 11.5 Å². The predicted octanol–water partition coefficient (Wildman–Crippen LogP) is 4.81. The van der Waals surface area contributed by atoms with Gasteiger partial charge in [0.1, 0.15) is 11.5 Å². The van der Waals surface area contributed by atoms with Crippen LogP contribution in [0.4, 0.5) is 0 Å². The first-order valence-corrected chi connectivity index (χ1v) is 10.1. The molecule has 6 nitrogen and oxygen atoms in total. The fourth-order valence-electron chi connectivity index (χ4n) is 3.51. The summed E-state index contributed by atoms with van der Waals surface area (Å²) in [5.74, 6) is 1.16. The van der Waals surface area contributed by atoms with Gasteiger partial charge in [0.15, 0.2) is 0 Å². The third kappa shape index (κ3) is 5.76. The smallest absolute Gasteiger partial charge is 0.127 e. The molecule has 0 radical (unpaired) electrons. The Morgan fingerprint density at radius 2 is 1.23 bits per heavy atom. The minimum absolute atomic E-state index is 0.130. The van der Waals surface area contributed by atoms with Gasteiger partial charge in [-0.1, -0.05) is 13.3 Å². The molecule has 0 aliphatic heterocycles. The molecule has 0 aromatic heterocycles. The van der Waals surface area contributed by atoms with Crippen LogP contribution in [-0.4, -0.2) is 13.7 Å². The van der Waals surface area contributed by atoms with E-state index in [0.29, 0.717) is 29.2 Å². The van der Waals surface area contributed by atoms with Crippen LogP contribution < -0.4 is 9.47 Å². The summed E-state index contributed by atoms with van der Waals surface area (Å²) in [7, 11) is 1.54. The lowest BCUT2D eigenvalue weighted by molar-refractivity contribution is 0.304. The third-order valence-electron chi connectivity index (χ3n) is 4.86. The lowest BCUT2D eigenvalue weighted by Gasteiger charge is -2.19. The van der Waals surface area contributed by atoms with Gasteiger partial charge in [0, 0.05) is 11.1 Å². The highest BCUT2D eigenvalue weighted by atomic mass is 16.5. The Hall–Kier alpha value is -4.00. The Labute approximate surface area is 183 Å². The van der Waals surface area contributed by atoms with Crippen LogP contribution in [0.15, 0.2) is 24.3 Å². The highest BCUT2D eigenvalue weighted by Crippen LogP contribution is 2.37. The van der Waals surface area contributed by atoms with E-state index < -0.39 is 0 Å². The summed E-state index contributed by atoms with van der Waals surface area (Å²) >= 11 is 0. The molecular weight excluding hydrogens is 388 g/mol. The van der Waals surface area contributed by atoms with Gasteiger partial charge in [0.05, 0.1) is 63.7 Å². The van der Waals surface area contributed by atoms with Crippen molar-refractivity contribution < 1.29 is 9.47 Å². The summed E-state index contributed by atoms with van der Waals surface area (Å²) in [6.07, 6.45) is 2.38. The summed E-state index contributed by atoms with van der Waals surface area (Å²) in [5.41, 5.74) is 4.39. The van der Waals surface area contributed by atoms with Crippen molar-refractivity contribution in [2.75, 3.05) is 13.7 Å². The fraction of sp³-hybridized carbons (Fsp3) is 0.360. The zero-order chi connectivity index (χ0) is 22.6. The van der Waals surface area contributed by atoms with E-state index >= 15 is 0 Å². The molecule has 0 saturated carbocycles. The molecule has 0 amide bonds. The SMILES string of the molecule is CCCCOc1c(CC#N)cc(-c2c(CC#N)cc(OC)cc2CC#N)cc1CC#N. The van der Waals surface area contributed by atoms with E-state index in [9.17, 15) is 21.0 Å². The topological polar surface area (TPSA) is 114 Å². The number of hydrogen-bond acceptors (Lipinski definition) is 6. The quantitative estimate of drug-likeness (QED) is 0.518. The van der Waals surface area contributed by atoms with Gasteiger partial charge >= 0.3 is 0 Å². The average molecular weight is 412 g/mol.